The van der Waals surface area contributed by atoms with Gasteiger partial charge in [0.2, 0.25) is 0 Å². The molecule has 1 atom stereocenters. The maximum atomic E-state index is 13.2. The van der Waals surface area contributed by atoms with Crippen LogP contribution in [-0.2, 0) is 13.0 Å². The Bertz CT molecular complexity index is 1020. The van der Waals surface area contributed by atoms with E-state index in [0.717, 1.165) is 37.2 Å². The lowest BCUT2D eigenvalue weighted by atomic mass is 9.95. The standard InChI is InChI=1S/C26H31N3O3/c1-32-24-7-4-5-20(16-24)25(30)28-12-10-19-15-21(8-9-22(19)17-28)26(31)29-14-13-27-11-3-2-6-23(27)18-29/h4-5,7-9,15-16,23H,2-3,6,10-14,17-18H2,1H3. The number of nitrogens with zero attached hydrogens (tertiary/aromatic N) is 3. The highest BCUT2D eigenvalue weighted by molar-refractivity contribution is 5.95. The molecule has 6 nitrogen and oxygen atoms in total. The number of piperidine rings is 1. The van der Waals surface area contributed by atoms with Crippen molar-refractivity contribution in [2.24, 2.45) is 0 Å². The van der Waals surface area contributed by atoms with Crippen LogP contribution in [0.25, 0.3) is 0 Å². The molecule has 2 aromatic rings. The third-order valence-electron chi connectivity index (χ3n) is 7.19. The molecule has 0 N–H and O–H groups in total. The summed E-state index contributed by atoms with van der Waals surface area (Å²) in [5.74, 6) is 0.846. The number of fused-ring (bicyclic) bond motifs is 2. The van der Waals surface area contributed by atoms with Gasteiger partial charge in [-0.05, 0) is 67.3 Å². The molecule has 5 rings (SSSR count). The van der Waals surface area contributed by atoms with Gasteiger partial charge in [-0.15, -0.1) is 0 Å². The van der Waals surface area contributed by atoms with E-state index < -0.39 is 0 Å². The molecule has 2 aromatic carbocycles. The Kier molecular flexibility index (Phi) is 5.87. The van der Waals surface area contributed by atoms with Gasteiger partial charge in [-0.1, -0.05) is 18.6 Å². The summed E-state index contributed by atoms with van der Waals surface area (Å²) in [6.07, 6.45) is 4.52. The summed E-state index contributed by atoms with van der Waals surface area (Å²) >= 11 is 0. The predicted octanol–water partition coefficient (Wildman–Crippen LogP) is 3.20. The molecule has 32 heavy (non-hydrogen) atoms. The highest BCUT2D eigenvalue weighted by Crippen LogP contribution is 2.25. The van der Waals surface area contributed by atoms with Crippen molar-refractivity contribution in [3.8, 4) is 5.75 Å². The van der Waals surface area contributed by atoms with Gasteiger partial charge in [0, 0.05) is 49.9 Å². The quantitative estimate of drug-likeness (QED) is 0.746. The van der Waals surface area contributed by atoms with Gasteiger partial charge in [-0.2, -0.15) is 0 Å². The molecular weight excluding hydrogens is 402 g/mol. The molecule has 0 radical (unpaired) electrons. The average molecular weight is 434 g/mol. The van der Waals surface area contributed by atoms with E-state index in [1.807, 2.05) is 40.1 Å². The van der Waals surface area contributed by atoms with Crippen LogP contribution in [-0.4, -0.2) is 72.4 Å². The molecule has 3 heterocycles. The lowest BCUT2D eigenvalue weighted by molar-refractivity contribution is 0.0372. The second kappa shape index (κ2) is 8.94. The first-order valence-electron chi connectivity index (χ1n) is 11.7. The Balaban J connectivity index is 1.27. The molecule has 2 amide bonds. The van der Waals surface area contributed by atoms with Crippen LogP contribution in [0.4, 0.5) is 0 Å². The van der Waals surface area contributed by atoms with Crippen molar-refractivity contribution >= 4 is 11.8 Å². The summed E-state index contributed by atoms with van der Waals surface area (Å²) in [7, 11) is 1.61. The molecule has 0 aliphatic carbocycles. The zero-order valence-electron chi connectivity index (χ0n) is 18.8. The van der Waals surface area contributed by atoms with Crippen molar-refractivity contribution < 1.29 is 14.3 Å². The van der Waals surface area contributed by atoms with Crippen LogP contribution in [0.2, 0.25) is 0 Å². The summed E-state index contributed by atoms with van der Waals surface area (Å²) in [5, 5.41) is 0. The number of carbonyl (C=O) groups is 2. The van der Waals surface area contributed by atoms with E-state index >= 15 is 0 Å². The number of benzene rings is 2. The van der Waals surface area contributed by atoms with E-state index in [0.29, 0.717) is 30.4 Å². The van der Waals surface area contributed by atoms with Crippen LogP contribution >= 0.6 is 0 Å². The van der Waals surface area contributed by atoms with Gasteiger partial charge in [-0.25, -0.2) is 0 Å². The summed E-state index contributed by atoms with van der Waals surface area (Å²) in [4.78, 5) is 32.7. The Morgan fingerprint density at radius 1 is 0.875 bits per heavy atom. The number of piperazine rings is 1. The number of ether oxygens (including phenoxy) is 1. The Morgan fingerprint density at radius 3 is 2.59 bits per heavy atom. The van der Waals surface area contributed by atoms with Crippen LogP contribution in [0, 0.1) is 0 Å². The first-order valence-corrected chi connectivity index (χ1v) is 11.7. The second-order valence-corrected chi connectivity index (χ2v) is 9.13. The fraction of sp³-hybridized carbons (Fsp3) is 0.462. The highest BCUT2D eigenvalue weighted by Gasteiger charge is 2.32. The molecule has 2 saturated heterocycles. The lowest BCUT2D eigenvalue weighted by Crippen LogP contribution is -2.56. The van der Waals surface area contributed by atoms with E-state index in [1.54, 1.807) is 13.2 Å². The molecule has 3 aliphatic rings. The molecule has 0 aromatic heterocycles. The summed E-state index contributed by atoms with van der Waals surface area (Å²) in [5.41, 5.74) is 3.73. The third kappa shape index (κ3) is 4.11. The van der Waals surface area contributed by atoms with E-state index in [-0.39, 0.29) is 11.8 Å². The Labute approximate surface area is 189 Å². The van der Waals surface area contributed by atoms with E-state index in [1.165, 1.54) is 31.4 Å². The first kappa shape index (κ1) is 21.0. The summed E-state index contributed by atoms with van der Waals surface area (Å²) in [6.45, 7) is 5.05. The minimum absolute atomic E-state index is 0.0139. The normalized spacial score (nSPS) is 21.0. The minimum atomic E-state index is 0.0139. The van der Waals surface area contributed by atoms with Crippen molar-refractivity contribution in [2.45, 2.75) is 38.3 Å². The Hall–Kier alpha value is -2.86. The van der Waals surface area contributed by atoms with Crippen LogP contribution < -0.4 is 4.74 Å². The fourth-order valence-corrected chi connectivity index (χ4v) is 5.32. The van der Waals surface area contributed by atoms with Gasteiger partial charge < -0.3 is 14.5 Å². The molecule has 3 aliphatic heterocycles. The number of amides is 2. The van der Waals surface area contributed by atoms with Crippen molar-refractivity contribution in [3.05, 3.63) is 64.7 Å². The zero-order valence-corrected chi connectivity index (χ0v) is 18.8. The Morgan fingerprint density at radius 2 is 1.72 bits per heavy atom. The second-order valence-electron chi connectivity index (χ2n) is 9.13. The van der Waals surface area contributed by atoms with Gasteiger partial charge in [0.1, 0.15) is 5.75 Å². The molecular formula is C26H31N3O3. The van der Waals surface area contributed by atoms with Crippen LogP contribution in [0.15, 0.2) is 42.5 Å². The molecule has 2 fully saturated rings. The number of carbonyl (C=O) groups excluding carboxylic acids is 2. The minimum Gasteiger partial charge on any atom is -0.497 e. The van der Waals surface area contributed by atoms with E-state index in [2.05, 4.69) is 11.0 Å². The number of methoxy groups -OCH3 is 1. The molecule has 0 bridgehead atoms. The van der Waals surface area contributed by atoms with Gasteiger partial charge in [0.15, 0.2) is 0 Å². The topological polar surface area (TPSA) is 53.1 Å². The SMILES string of the molecule is COc1cccc(C(=O)N2CCc3cc(C(=O)N4CCN5CCCCC5C4)ccc3C2)c1. The van der Waals surface area contributed by atoms with Crippen molar-refractivity contribution in [2.75, 3.05) is 39.8 Å². The molecule has 0 saturated carbocycles. The third-order valence-corrected chi connectivity index (χ3v) is 7.19. The van der Waals surface area contributed by atoms with Gasteiger partial charge >= 0.3 is 0 Å². The van der Waals surface area contributed by atoms with Crippen molar-refractivity contribution in [1.29, 1.82) is 0 Å². The zero-order chi connectivity index (χ0) is 22.1. The largest absolute Gasteiger partial charge is 0.497 e. The number of hydrogen-bond donors (Lipinski definition) is 0. The smallest absolute Gasteiger partial charge is 0.254 e. The summed E-state index contributed by atoms with van der Waals surface area (Å²) in [6, 6.07) is 13.8. The van der Waals surface area contributed by atoms with E-state index in [4.69, 9.17) is 4.74 Å². The first-order chi connectivity index (χ1) is 15.6. The average Bonchev–Trinajstić information content (AvgIpc) is 2.87. The van der Waals surface area contributed by atoms with Crippen molar-refractivity contribution in [1.82, 2.24) is 14.7 Å². The number of hydrogen-bond acceptors (Lipinski definition) is 4. The van der Waals surface area contributed by atoms with Crippen LogP contribution in [0.1, 0.15) is 51.1 Å². The maximum Gasteiger partial charge on any atom is 0.254 e. The van der Waals surface area contributed by atoms with Crippen LogP contribution in [0.3, 0.4) is 0 Å². The fourth-order valence-electron chi connectivity index (χ4n) is 5.32. The van der Waals surface area contributed by atoms with Gasteiger partial charge in [0.25, 0.3) is 11.8 Å². The maximum absolute atomic E-state index is 13.2. The van der Waals surface area contributed by atoms with Crippen molar-refractivity contribution in [3.63, 3.8) is 0 Å². The van der Waals surface area contributed by atoms with E-state index in [9.17, 15) is 9.59 Å². The van der Waals surface area contributed by atoms with Gasteiger partial charge in [-0.3, -0.25) is 14.5 Å². The highest BCUT2D eigenvalue weighted by atomic mass is 16.5. The monoisotopic (exact) mass is 433 g/mol. The predicted molar refractivity (Wildman–Crippen MR) is 123 cm³/mol. The molecule has 6 heteroatoms. The molecule has 0 spiro atoms. The number of rotatable bonds is 3. The lowest BCUT2D eigenvalue weighted by Gasteiger charge is -2.44. The summed E-state index contributed by atoms with van der Waals surface area (Å²) < 4.78 is 5.25. The van der Waals surface area contributed by atoms with Crippen LogP contribution in [0.5, 0.6) is 5.75 Å². The molecule has 1 unspecified atom stereocenters. The molecule has 168 valence electrons. The van der Waals surface area contributed by atoms with Gasteiger partial charge in [0.05, 0.1) is 7.11 Å².